The summed E-state index contributed by atoms with van der Waals surface area (Å²) in [6.45, 7) is 6.71. The number of aliphatic hydroxyl groups is 1. The van der Waals surface area contributed by atoms with Crippen LogP contribution < -0.4 is 0 Å². The molecular weight excluding hydrogens is 384 g/mol. The molecule has 4 aliphatic rings. The summed E-state index contributed by atoms with van der Waals surface area (Å²) in [7, 11) is 0. The molecule has 30 heavy (non-hydrogen) atoms. The molecule has 0 bridgehead atoms. The molecule has 7 atom stereocenters. The normalized spacial score (nSPS) is 45.2. The van der Waals surface area contributed by atoms with Crippen LogP contribution in [0.5, 0.6) is 0 Å². The molecule has 0 aromatic heterocycles. The van der Waals surface area contributed by atoms with Gasteiger partial charge in [0.2, 0.25) is 5.78 Å². The number of rotatable bonds is 3. The molecule has 0 unspecified atom stereocenters. The maximum absolute atomic E-state index is 13.6. The second kappa shape index (κ2) is 6.84. The van der Waals surface area contributed by atoms with Gasteiger partial charge in [0.25, 0.3) is 0 Å². The third kappa shape index (κ3) is 2.79. The summed E-state index contributed by atoms with van der Waals surface area (Å²) < 4.78 is 4.88. The highest BCUT2D eigenvalue weighted by molar-refractivity contribution is 5.95. The van der Waals surface area contributed by atoms with Crippen LogP contribution in [0.4, 0.5) is 0 Å². The first-order chi connectivity index (χ1) is 13.9. The molecule has 0 saturated heterocycles. The minimum absolute atomic E-state index is 0.0535. The van der Waals surface area contributed by atoms with E-state index in [2.05, 4.69) is 6.92 Å². The number of allylic oxidation sites excluding steroid dienone is 1. The molecule has 4 aliphatic carbocycles. The summed E-state index contributed by atoms with van der Waals surface area (Å²) in [5.74, 6) is -0.941. The van der Waals surface area contributed by atoms with Gasteiger partial charge in [0.15, 0.2) is 12.4 Å². The second-order valence-electron chi connectivity index (χ2n) is 10.5. The smallest absolute Gasteiger partial charge is 0.303 e. The van der Waals surface area contributed by atoms with E-state index in [4.69, 9.17) is 4.74 Å². The third-order valence-corrected chi connectivity index (χ3v) is 8.98. The average Bonchev–Trinajstić information content (AvgIpc) is 2.92. The van der Waals surface area contributed by atoms with Crippen LogP contribution >= 0.6 is 0 Å². The third-order valence-electron chi connectivity index (χ3n) is 8.98. The number of Topliss-reactive ketones (excluding diaryl/α,β-unsaturated/α-hetero) is 2. The molecule has 0 aromatic rings. The highest BCUT2D eigenvalue weighted by atomic mass is 16.5. The monoisotopic (exact) mass is 416 g/mol. The fraction of sp³-hybridized carbons (Fsp3) is 0.750. The van der Waals surface area contributed by atoms with E-state index >= 15 is 0 Å². The lowest BCUT2D eigenvalue weighted by molar-refractivity contribution is -0.173. The summed E-state index contributed by atoms with van der Waals surface area (Å²) in [6, 6.07) is 0. The number of hydrogen-bond donors (Lipinski definition) is 1. The summed E-state index contributed by atoms with van der Waals surface area (Å²) in [6.07, 6.45) is 5.16. The number of fused-ring (bicyclic) bond motifs is 5. The minimum Gasteiger partial charge on any atom is -0.458 e. The molecule has 0 aromatic carbocycles. The van der Waals surface area contributed by atoms with Crippen LogP contribution in [0.25, 0.3) is 0 Å². The fourth-order valence-corrected chi connectivity index (χ4v) is 7.48. The quantitative estimate of drug-likeness (QED) is 0.711. The molecule has 0 aliphatic heterocycles. The first-order valence-electron chi connectivity index (χ1n) is 11.1. The second-order valence-corrected chi connectivity index (χ2v) is 10.5. The van der Waals surface area contributed by atoms with E-state index in [1.54, 1.807) is 6.08 Å². The van der Waals surface area contributed by atoms with Crippen molar-refractivity contribution in [1.29, 1.82) is 0 Å². The number of carbonyl (C=O) groups excluding carboxylic acids is 4. The van der Waals surface area contributed by atoms with Gasteiger partial charge in [-0.3, -0.25) is 19.2 Å². The Morgan fingerprint density at radius 1 is 1.23 bits per heavy atom. The van der Waals surface area contributed by atoms with Crippen molar-refractivity contribution in [3.63, 3.8) is 0 Å². The maximum Gasteiger partial charge on any atom is 0.303 e. The zero-order chi connectivity index (χ0) is 22.1. The lowest BCUT2D eigenvalue weighted by Gasteiger charge is -2.58. The van der Waals surface area contributed by atoms with E-state index < -0.39 is 29.4 Å². The van der Waals surface area contributed by atoms with E-state index in [1.807, 2.05) is 13.8 Å². The van der Waals surface area contributed by atoms with Crippen molar-refractivity contribution < 1.29 is 29.0 Å². The van der Waals surface area contributed by atoms with E-state index in [0.717, 1.165) is 18.4 Å². The average molecular weight is 417 g/mol. The summed E-state index contributed by atoms with van der Waals surface area (Å²) in [4.78, 5) is 49.9. The fourth-order valence-electron chi connectivity index (χ4n) is 7.48. The molecule has 3 fully saturated rings. The molecule has 4 rings (SSSR count). The maximum atomic E-state index is 13.6. The van der Waals surface area contributed by atoms with Crippen LogP contribution in [0.15, 0.2) is 11.6 Å². The largest absolute Gasteiger partial charge is 0.458 e. The van der Waals surface area contributed by atoms with Gasteiger partial charge in [-0.05, 0) is 55.4 Å². The molecule has 6 heteroatoms. The van der Waals surface area contributed by atoms with Crippen LogP contribution in [0.1, 0.15) is 66.2 Å². The van der Waals surface area contributed by atoms with Crippen LogP contribution in [0, 0.1) is 34.5 Å². The van der Waals surface area contributed by atoms with Gasteiger partial charge in [-0.15, -0.1) is 0 Å². The summed E-state index contributed by atoms with van der Waals surface area (Å²) >= 11 is 0. The van der Waals surface area contributed by atoms with Crippen molar-refractivity contribution >= 4 is 23.3 Å². The van der Waals surface area contributed by atoms with Gasteiger partial charge in [0, 0.05) is 30.6 Å². The molecule has 0 amide bonds. The number of esters is 1. The van der Waals surface area contributed by atoms with Crippen LogP contribution in [0.2, 0.25) is 0 Å². The van der Waals surface area contributed by atoms with Crippen LogP contribution in [-0.4, -0.2) is 40.6 Å². The summed E-state index contributed by atoms with van der Waals surface area (Å²) in [5.41, 5.74) is -1.73. The van der Waals surface area contributed by atoms with Gasteiger partial charge >= 0.3 is 5.97 Å². The molecule has 164 valence electrons. The Labute approximate surface area is 177 Å². The van der Waals surface area contributed by atoms with E-state index in [-0.39, 0.29) is 47.1 Å². The zero-order valence-electron chi connectivity index (χ0n) is 18.3. The topological polar surface area (TPSA) is 97.7 Å². The highest BCUT2D eigenvalue weighted by Crippen LogP contribution is 2.66. The standard InChI is InChI=1S/C24H32O6/c1-13-10-22(3)15(9-18(13)26)5-6-16-17-7-8-24(29,20(28)12-30-14(2)25)23(17,4)11-19(27)21(16)22/h9,13,16-17,21,29H,5-8,10-12H2,1-4H3/t13-,16-,17-,21+,22-,23-,24+/m0/s1. The van der Waals surface area contributed by atoms with Gasteiger partial charge in [0.1, 0.15) is 11.4 Å². The number of carbonyl (C=O) groups is 4. The van der Waals surface area contributed by atoms with Crippen molar-refractivity contribution in [2.24, 2.45) is 34.5 Å². The van der Waals surface area contributed by atoms with E-state index in [0.29, 0.717) is 19.3 Å². The van der Waals surface area contributed by atoms with Crippen molar-refractivity contribution in [3.05, 3.63) is 11.6 Å². The first kappa shape index (κ1) is 21.4. The van der Waals surface area contributed by atoms with Crippen LogP contribution in [0.3, 0.4) is 0 Å². The Balaban J connectivity index is 1.67. The lowest BCUT2D eigenvalue weighted by Crippen LogP contribution is -2.61. The first-order valence-corrected chi connectivity index (χ1v) is 11.1. The molecular formula is C24H32O6. The Morgan fingerprint density at radius 3 is 2.60 bits per heavy atom. The van der Waals surface area contributed by atoms with E-state index in [1.165, 1.54) is 6.92 Å². The van der Waals surface area contributed by atoms with Gasteiger partial charge in [-0.25, -0.2) is 0 Å². The van der Waals surface area contributed by atoms with Crippen LogP contribution in [-0.2, 0) is 23.9 Å². The van der Waals surface area contributed by atoms with Crippen molar-refractivity contribution in [3.8, 4) is 0 Å². The Morgan fingerprint density at radius 2 is 1.93 bits per heavy atom. The van der Waals surface area contributed by atoms with Crippen molar-refractivity contribution in [1.82, 2.24) is 0 Å². The Kier molecular flexibility index (Phi) is 4.88. The molecule has 0 spiro atoms. The Bertz CT molecular complexity index is 858. The van der Waals surface area contributed by atoms with Gasteiger partial charge in [-0.2, -0.15) is 0 Å². The van der Waals surface area contributed by atoms with E-state index in [9.17, 15) is 24.3 Å². The molecule has 6 nitrogen and oxygen atoms in total. The van der Waals surface area contributed by atoms with Crippen molar-refractivity contribution in [2.45, 2.75) is 71.8 Å². The van der Waals surface area contributed by atoms with Crippen molar-refractivity contribution in [2.75, 3.05) is 6.61 Å². The van der Waals surface area contributed by atoms with Gasteiger partial charge < -0.3 is 9.84 Å². The highest BCUT2D eigenvalue weighted by Gasteiger charge is 2.68. The molecule has 3 saturated carbocycles. The predicted molar refractivity (Wildman–Crippen MR) is 108 cm³/mol. The number of hydrogen-bond acceptors (Lipinski definition) is 6. The minimum atomic E-state index is -1.65. The SMILES string of the molecule is CC(=O)OCC(=O)[C@]1(O)CC[C@H]2[C@@H]3CCC4=CC(=O)[C@@H](C)C[C@]4(C)[C@H]3C(=O)C[C@@]21C. The molecule has 1 N–H and O–H groups in total. The summed E-state index contributed by atoms with van der Waals surface area (Å²) in [5, 5.41) is 11.5. The predicted octanol–water partition coefficient (Wildman–Crippen LogP) is 2.81. The zero-order valence-corrected chi connectivity index (χ0v) is 18.3. The number of ether oxygens (including phenoxy) is 1. The Hall–Kier alpha value is -1.82. The molecule has 0 heterocycles. The number of ketones is 3. The molecule has 0 radical (unpaired) electrons. The van der Waals surface area contributed by atoms with Gasteiger partial charge in [0.05, 0.1) is 0 Å². The lowest BCUT2D eigenvalue weighted by atomic mass is 9.45. The van der Waals surface area contributed by atoms with Gasteiger partial charge in [-0.1, -0.05) is 26.3 Å².